The maximum Gasteiger partial charge on any atom is 0.293 e. The molecule has 1 aromatic carbocycles. The lowest BCUT2D eigenvalue weighted by Crippen LogP contribution is -2.36. The molecule has 0 spiro atoms. The highest BCUT2D eigenvalue weighted by atomic mass is 16.5. The lowest BCUT2D eigenvalue weighted by atomic mass is 10.1. The van der Waals surface area contributed by atoms with Crippen LogP contribution in [0.2, 0.25) is 0 Å². The Balaban J connectivity index is 1.59. The van der Waals surface area contributed by atoms with Gasteiger partial charge in [0.15, 0.2) is 5.76 Å². The molecule has 0 atom stereocenters. The standard InChI is InChI=1S/C17H18N2O3/c20-17(16-2-1-9-22-16)19-6-5-13-12-14(3-4-15(13)19)18-7-10-21-11-8-18/h1-4,9,12H,5-8,10-11H2. The molecule has 0 saturated carbocycles. The SMILES string of the molecule is O=C(c1ccco1)N1CCc2cc(N3CCOCC3)ccc21. The molecule has 1 aromatic heterocycles. The third kappa shape index (κ3) is 2.27. The molecule has 2 aromatic rings. The molecule has 1 amide bonds. The molecule has 0 bridgehead atoms. The van der Waals surface area contributed by atoms with Gasteiger partial charge in [-0.25, -0.2) is 0 Å². The summed E-state index contributed by atoms with van der Waals surface area (Å²) in [6.07, 6.45) is 2.42. The third-order valence-electron chi connectivity index (χ3n) is 4.31. The zero-order valence-electron chi connectivity index (χ0n) is 12.3. The zero-order chi connectivity index (χ0) is 14.9. The number of furan rings is 1. The van der Waals surface area contributed by atoms with Crippen molar-refractivity contribution in [2.45, 2.75) is 6.42 Å². The van der Waals surface area contributed by atoms with Gasteiger partial charge in [-0.2, -0.15) is 0 Å². The molecule has 3 heterocycles. The number of carbonyl (C=O) groups excluding carboxylic acids is 1. The molecule has 1 saturated heterocycles. The maximum absolute atomic E-state index is 12.5. The van der Waals surface area contributed by atoms with Crippen molar-refractivity contribution in [2.75, 3.05) is 42.6 Å². The number of benzene rings is 1. The Morgan fingerprint density at radius 2 is 1.95 bits per heavy atom. The topological polar surface area (TPSA) is 45.9 Å². The molecule has 22 heavy (non-hydrogen) atoms. The van der Waals surface area contributed by atoms with Gasteiger partial charge in [0.05, 0.1) is 19.5 Å². The van der Waals surface area contributed by atoms with Gasteiger partial charge in [-0.3, -0.25) is 4.79 Å². The van der Waals surface area contributed by atoms with Crippen LogP contribution in [0.1, 0.15) is 16.1 Å². The smallest absolute Gasteiger partial charge is 0.293 e. The number of amides is 1. The Bertz CT molecular complexity index is 675. The molecule has 0 aliphatic carbocycles. The number of hydrogen-bond donors (Lipinski definition) is 0. The lowest BCUT2D eigenvalue weighted by Gasteiger charge is -2.29. The van der Waals surface area contributed by atoms with E-state index < -0.39 is 0 Å². The van der Waals surface area contributed by atoms with Gasteiger partial charge < -0.3 is 19.0 Å². The Morgan fingerprint density at radius 3 is 2.73 bits per heavy atom. The largest absolute Gasteiger partial charge is 0.459 e. The fourth-order valence-electron chi connectivity index (χ4n) is 3.15. The van der Waals surface area contributed by atoms with Gasteiger partial charge in [-0.15, -0.1) is 0 Å². The van der Waals surface area contributed by atoms with E-state index in [9.17, 15) is 4.79 Å². The van der Waals surface area contributed by atoms with Crippen molar-refractivity contribution in [3.63, 3.8) is 0 Å². The summed E-state index contributed by atoms with van der Waals surface area (Å²) in [5.74, 6) is 0.327. The molecular weight excluding hydrogens is 280 g/mol. The molecule has 0 radical (unpaired) electrons. The summed E-state index contributed by atoms with van der Waals surface area (Å²) in [6.45, 7) is 4.11. The molecule has 5 heteroatoms. The molecule has 2 aliphatic heterocycles. The maximum atomic E-state index is 12.5. The number of nitrogens with zero attached hydrogens (tertiary/aromatic N) is 2. The Morgan fingerprint density at radius 1 is 1.09 bits per heavy atom. The van der Waals surface area contributed by atoms with E-state index in [1.807, 2.05) is 6.07 Å². The Kier molecular flexibility index (Phi) is 3.35. The van der Waals surface area contributed by atoms with Gasteiger partial charge >= 0.3 is 0 Å². The number of morpholine rings is 1. The summed E-state index contributed by atoms with van der Waals surface area (Å²) >= 11 is 0. The molecule has 1 fully saturated rings. The van der Waals surface area contributed by atoms with E-state index in [1.54, 1.807) is 17.0 Å². The number of carbonyl (C=O) groups is 1. The number of hydrogen-bond acceptors (Lipinski definition) is 4. The van der Waals surface area contributed by atoms with Crippen LogP contribution in [0.5, 0.6) is 0 Å². The Labute approximate surface area is 129 Å². The summed E-state index contributed by atoms with van der Waals surface area (Å²) < 4.78 is 10.6. The summed E-state index contributed by atoms with van der Waals surface area (Å²) in [4.78, 5) is 16.6. The molecule has 0 unspecified atom stereocenters. The van der Waals surface area contributed by atoms with Crippen molar-refractivity contribution in [1.82, 2.24) is 0 Å². The highest BCUT2D eigenvalue weighted by Crippen LogP contribution is 2.33. The second kappa shape index (κ2) is 5.50. The molecule has 114 valence electrons. The first-order valence-electron chi connectivity index (χ1n) is 7.64. The lowest BCUT2D eigenvalue weighted by molar-refractivity contribution is 0.0963. The zero-order valence-corrected chi connectivity index (χ0v) is 12.3. The quantitative estimate of drug-likeness (QED) is 0.853. The van der Waals surface area contributed by atoms with Crippen LogP contribution in [0.15, 0.2) is 41.0 Å². The number of fused-ring (bicyclic) bond motifs is 1. The normalized spacial score (nSPS) is 17.6. The van der Waals surface area contributed by atoms with Gasteiger partial charge in [0, 0.05) is 31.0 Å². The van der Waals surface area contributed by atoms with E-state index >= 15 is 0 Å². The van der Waals surface area contributed by atoms with Gasteiger partial charge in [0.2, 0.25) is 0 Å². The number of rotatable bonds is 2. The fourth-order valence-corrected chi connectivity index (χ4v) is 3.15. The summed E-state index contributed by atoms with van der Waals surface area (Å²) in [5, 5.41) is 0. The highest BCUT2D eigenvalue weighted by Gasteiger charge is 2.27. The van der Waals surface area contributed by atoms with Crippen LogP contribution >= 0.6 is 0 Å². The predicted molar refractivity (Wildman–Crippen MR) is 83.6 cm³/mol. The van der Waals surface area contributed by atoms with E-state index in [-0.39, 0.29) is 5.91 Å². The van der Waals surface area contributed by atoms with Crippen molar-refractivity contribution < 1.29 is 13.9 Å². The average Bonchev–Trinajstić information content (AvgIpc) is 3.24. The first-order valence-corrected chi connectivity index (χ1v) is 7.64. The minimum Gasteiger partial charge on any atom is -0.459 e. The van der Waals surface area contributed by atoms with Crippen molar-refractivity contribution >= 4 is 17.3 Å². The van der Waals surface area contributed by atoms with E-state index in [0.29, 0.717) is 12.3 Å². The molecule has 5 nitrogen and oxygen atoms in total. The van der Waals surface area contributed by atoms with Gasteiger partial charge in [-0.05, 0) is 42.3 Å². The van der Waals surface area contributed by atoms with Crippen LogP contribution in [0.25, 0.3) is 0 Å². The van der Waals surface area contributed by atoms with Gasteiger partial charge in [-0.1, -0.05) is 0 Å². The highest BCUT2D eigenvalue weighted by molar-refractivity contribution is 6.05. The molecule has 0 N–H and O–H groups in total. The van der Waals surface area contributed by atoms with Crippen LogP contribution in [0.3, 0.4) is 0 Å². The minimum absolute atomic E-state index is 0.0668. The summed E-state index contributed by atoms with van der Waals surface area (Å²) in [5.41, 5.74) is 3.44. The van der Waals surface area contributed by atoms with Crippen molar-refractivity contribution in [2.24, 2.45) is 0 Å². The van der Waals surface area contributed by atoms with E-state index in [2.05, 4.69) is 17.0 Å². The average molecular weight is 298 g/mol. The predicted octanol–water partition coefficient (Wildman–Crippen LogP) is 2.32. The first-order chi connectivity index (χ1) is 10.8. The van der Waals surface area contributed by atoms with Crippen LogP contribution in [-0.4, -0.2) is 38.8 Å². The molecule has 2 aliphatic rings. The molecular formula is C17H18N2O3. The van der Waals surface area contributed by atoms with Crippen LogP contribution in [-0.2, 0) is 11.2 Å². The van der Waals surface area contributed by atoms with E-state index in [1.165, 1.54) is 17.5 Å². The van der Waals surface area contributed by atoms with Crippen molar-refractivity contribution in [1.29, 1.82) is 0 Å². The minimum atomic E-state index is -0.0668. The van der Waals surface area contributed by atoms with Gasteiger partial charge in [0.1, 0.15) is 0 Å². The summed E-state index contributed by atoms with van der Waals surface area (Å²) in [6, 6.07) is 9.80. The fraction of sp³-hybridized carbons (Fsp3) is 0.353. The second-order valence-electron chi connectivity index (χ2n) is 5.60. The van der Waals surface area contributed by atoms with E-state index in [4.69, 9.17) is 9.15 Å². The first kappa shape index (κ1) is 13.4. The third-order valence-corrected chi connectivity index (χ3v) is 4.31. The van der Waals surface area contributed by atoms with E-state index in [0.717, 1.165) is 38.4 Å². The number of ether oxygens (including phenoxy) is 1. The van der Waals surface area contributed by atoms with Crippen molar-refractivity contribution in [3.8, 4) is 0 Å². The van der Waals surface area contributed by atoms with Crippen molar-refractivity contribution in [3.05, 3.63) is 47.9 Å². The molecule has 4 rings (SSSR count). The Hall–Kier alpha value is -2.27. The monoisotopic (exact) mass is 298 g/mol. The van der Waals surface area contributed by atoms with Gasteiger partial charge in [0.25, 0.3) is 5.91 Å². The summed E-state index contributed by atoms with van der Waals surface area (Å²) in [7, 11) is 0. The second-order valence-corrected chi connectivity index (χ2v) is 5.60. The van der Waals surface area contributed by atoms with Crippen LogP contribution in [0, 0.1) is 0 Å². The van der Waals surface area contributed by atoms with Crippen LogP contribution < -0.4 is 9.80 Å². The van der Waals surface area contributed by atoms with Crippen LogP contribution in [0.4, 0.5) is 11.4 Å². The number of anilines is 2.